The van der Waals surface area contributed by atoms with Crippen LogP contribution in [-0.2, 0) is 4.74 Å². The molecule has 1 aliphatic rings. The summed E-state index contributed by atoms with van der Waals surface area (Å²) >= 11 is 2.26. The van der Waals surface area contributed by atoms with Gasteiger partial charge >= 0.3 is 6.09 Å². The summed E-state index contributed by atoms with van der Waals surface area (Å²) in [6, 6.07) is 7.78. The Balaban J connectivity index is 1.83. The number of carbonyl (C=O) groups is 1. The molecule has 2 aromatic rings. The van der Waals surface area contributed by atoms with Gasteiger partial charge in [0, 0.05) is 16.0 Å². The van der Waals surface area contributed by atoms with E-state index in [2.05, 4.69) is 32.6 Å². The van der Waals surface area contributed by atoms with Crippen molar-refractivity contribution in [1.29, 1.82) is 0 Å². The van der Waals surface area contributed by atoms with E-state index in [1.54, 1.807) is 11.1 Å². The van der Waals surface area contributed by atoms with Crippen molar-refractivity contribution in [3.8, 4) is 11.3 Å². The van der Waals surface area contributed by atoms with Gasteiger partial charge in [-0.1, -0.05) is 12.1 Å². The second-order valence-electron chi connectivity index (χ2n) is 7.59. The lowest BCUT2D eigenvalue weighted by Gasteiger charge is -2.27. The van der Waals surface area contributed by atoms with Gasteiger partial charge in [0.25, 0.3) is 0 Å². The average Bonchev–Trinajstić information content (AvgIpc) is 3.20. The minimum atomic E-state index is -0.592. The maximum absolute atomic E-state index is 13.3. The van der Waals surface area contributed by atoms with Gasteiger partial charge in [-0.15, -0.1) is 0 Å². The van der Waals surface area contributed by atoms with E-state index in [9.17, 15) is 9.18 Å². The molecule has 7 heteroatoms. The van der Waals surface area contributed by atoms with E-state index in [1.807, 2.05) is 45.0 Å². The minimum Gasteiger partial charge on any atom is -0.444 e. The molecule has 1 fully saturated rings. The van der Waals surface area contributed by atoms with Crippen LogP contribution in [0.3, 0.4) is 0 Å². The third kappa shape index (κ3) is 4.36. The highest BCUT2D eigenvalue weighted by molar-refractivity contribution is 14.1. The Bertz CT molecular complexity index is 770. The lowest BCUT2D eigenvalue weighted by atomic mass is 10.1. The average molecular weight is 471 g/mol. The molecule has 26 heavy (non-hydrogen) atoms. The molecule has 1 N–H and O–H groups in total. The normalized spacial score (nSPS) is 20.4. The zero-order valence-electron chi connectivity index (χ0n) is 15.1. The molecule has 0 radical (unpaired) electrons. The van der Waals surface area contributed by atoms with Gasteiger partial charge in [0.1, 0.15) is 11.4 Å². The second-order valence-corrected chi connectivity index (χ2v) is 8.84. The Kier molecular flexibility index (Phi) is 5.55. The Morgan fingerprint density at radius 2 is 2.08 bits per heavy atom. The molecule has 1 aromatic carbocycles. The zero-order valence-corrected chi connectivity index (χ0v) is 17.3. The van der Waals surface area contributed by atoms with E-state index >= 15 is 0 Å². The molecule has 2 atom stereocenters. The van der Waals surface area contributed by atoms with Crippen LogP contribution in [0.25, 0.3) is 11.3 Å². The highest BCUT2D eigenvalue weighted by atomic mass is 127. The molecule has 0 bridgehead atoms. The first kappa shape index (κ1) is 19.1. The van der Waals surface area contributed by atoms with E-state index < -0.39 is 18.4 Å². The first-order valence-corrected chi connectivity index (χ1v) is 9.71. The quantitative estimate of drug-likeness (QED) is 0.645. The second kappa shape index (κ2) is 7.54. The van der Waals surface area contributed by atoms with Crippen LogP contribution in [-0.4, -0.2) is 39.8 Å². The molecule has 0 unspecified atom stereocenters. The number of hydrogen-bond acceptors (Lipinski definition) is 3. The molecule has 0 aliphatic carbocycles. The molecule has 1 saturated heterocycles. The maximum Gasteiger partial charge on any atom is 0.410 e. The van der Waals surface area contributed by atoms with Crippen LogP contribution in [0.1, 0.15) is 39.1 Å². The lowest BCUT2D eigenvalue weighted by Crippen LogP contribution is -2.37. The summed E-state index contributed by atoms with van der Waals surface area (Å²) in [7, 11) is 0. The van der Waals surface area contributed by atoms with Crippen LogP contribution in [0, 0.1) is 9.49 Å². The smallest absolute Gasteiger partial charge is 0.410 e. The summed E-state index contributed by atoms with van der Waals surface area (Å²) in [5.41, 5.74) is 1.31. The topological polar surface area (TPSA) is 58.2 Å². The highest BCUT2D eigenvalue weighted by Gasteiger charge is 2.39. The predicted molar refractivity (Wildman–Crippen MR) is 107 cm³/mol. The molecule has 5 nitrogen and oxygen atoms in total. The van der Waals surface area contributed by atoms with Crippen LogP contribution in [0.15, 0.2) is 30.5 Å². The number of carbonyl (C=O) groups excluding carboxylic acids is 1. The number of ether oxygens (including phenoxy) is 1. The van der Waals surface area contributed by atoms with Gasteiger partial charge in [0.05, 0.1) is 24.6 Å². The fraction of sp³-hybridized carbons (Fsp3) is 0.474. The molecule has 0 spiro atoms. The number of aromatic amines is 1. The summed E-state index contributed by atoms with van der Waals surface area (Å²) < 4.78 is 19.9. The predicted octanol–water partition coefficient (Wildman–Crippen LogP) is 4.95. The van der Waals surface area contributed by atoms with Gasteiger partial charge in [-0.3, -0.25) is 9.29 Å². The number of benzene rings is 1. The van der Waals surface area contributed by atoms with Crippen LogP contribution in [0.4, 0.5) is 9.18 Å². The Hall–Kier alpha value is -1.64. The van der Waals surface area contributed by atoms with Gasteiger partial charge in [0.15, 0.2) is 0 Å². The van der Waals surface area contributed by atoms with Crippen molar-refractivity contribution in [3.63, 3.8) is 0 Å². The SMILES string of the molecule is CC(C)(C)OC(=O)N1C[C@H](CF)C[C@H]1c1ncc(-c2ccc(I)cc2)[nH]1. The molecule has 3 rings (SSSR count). The van der Waals surface area contributed by atoms with Crippen molar-refractivity contribution in [2.75, 3.05) is 13.2 Å². The molecule has 1 aliphatic heterocycles. The third-order valence-electron chi connectivity index (χ3n) is 4.30. The number of imidazole rings is 1. The number of halogens is 2. The van der Waals surface area contributed by atoms with E-state index in [0.717, 1.165) is 14.8 Å². The number of alkyl halides is 1. The van der Waals surface area contributed by atoms with Crippen molar-refractivity contribution in [2.45, 2.75) is 38.8 Å². The van der Waals surface area contributed by atoms with Gasteiger partial charge in [-0.2, -0.15) is 0 Å². The number of likely N-dealkylation sites (tertiary alicyclic amines) is 1. The number of nitrogens with one attached hydrogen (secondary N) is 1. The van der Waals surface area contributed by atoms with Crippen molar-refractivity contribution in [3.05, 3.63) is 39.9 Å². The van der Waals surface area contributed by atoms with Crippen molar-refractivity contribution in [2.24, 2.45) is 5.92 Å². The number of nitrogens with zero attached hydrogens (tertiary/aromatic N) is 2. The van der Waals surface area contributed by atoms with E-state index in [0.29, 0.717) is 18.8 Å². The first-order valence-electron chi connectivity index (χ1n) is 8.63. The van der Waals surface area contributed by atoms with Gasteiger partial charge in [-0.05, 0) is 67.5 Å². The van der Waals surface area contributed by atoms with E-state index in [4.69, 9.17) is 4.74 Å². The zero-order chi connectivity index (χ0) is 18.9. The van der Waals surface area contributed by atoms with Gasteiger partial charge in [-0.25, -0.2) is 9.78 Å². The summed E-state index contributed by atoms with van der Waals surface area (Å²) in [6.07, 6.45) is 1.87. The van der Waals surface area contributed by atoms with Crippen LogP contribution in [0.2, 0.25) is 0 Å². The summed E-state index contributed by atoms with van der Waals surface area (Å²) in [4.78, 5) is 21.9. The van der Waals surface area contributed by atoms with Crippen molar-refractivity contribution in [1.82, 2.24) is 14.9 Å². The third-order valence-corrected chi connectivity index (χ3v) is 5.02. The Morgan fingerprint density at radius 1 is 1.38 bits per heavy atom. The van der Waals surface area contributed by atoms with E-state index in [1.165, 1.54) is 0 Å². The monoisotopic (exact) mass is 471 g/mol. The van der Waals surface area contributed by atoms with Gasteiger partial charge < -0.3 is 9.72 Å². The fourth-order valence-electron chi connectivity index (χ4n) is 3.10. The molecule has 0 saturated carbocycles. The summed E-state index contributed by atoms with van der Waals surface area (Å²) in [6.45, 7) is 5.36. The number of hydrogen-bond donors (Lipinski definition) is 1. The van der Waals surface area contributed by atoms with Crippen LogP contribution < -0.4 is 0 Å². The first-order chi connectivity index (χ1) is 12.3. The number of amides is 1. The Morgan fingerprint density at radius 3 is 2.69 bits per heavy atom. The lowest BCUT2D eigenvalue weighted by molar-refractivity contribution is 0.0213. The largest absolute Gasteiger partial charge is 0.444 e. The number of H-pyrrole nitrogens is 1. The molecule has 1 amide bonds. The number of aromatic nitrogens is 2. The van der Waals surface area contributed by atoms with Crippen LogP contribution >= 0.6 is 22.6 Å². The summed E-state index contributed by atoms with van der Waals surface area (Å²) in [5.74, 6) is 0.472. The molecule has 140 valence electrons. The minimum absolute atomic E-state index is 0.195. The van der Waals surface area contributed by atoms with Crippen molar-refractivity contribution >= 4 is 28.7 Å². The van der Waals surface area contributed by atoms with Crippen molar-refractivity contribution < 1.29 is 13.9 Å². The molecular weight excluding hydrogens is 448 g/mol. The molecule has 2 heterocycles. The fourth-order valence-corrected chi connectivity index (χ4v) is 3.46. The van der Waals surface area contributed by atoms with Crippen LogP contribution in [0.5, 0.6) is 0 Å². The number of rotatable bonds is 3. The molecular formula is C19H23FIN3O2. The maximum atomic E-state index is 13.3. The molecule has 1 aromatic heterocycles. The Labute approximate surface area is 166 Å². The highest BCUT2D eigenvalue weighted by Crippen LogP contribution is 2.36. The summed E-state index contributed by atoms with van der Waals surface area (Å²) in [5, 5.41) is 0. The standard InChI is InChI=1S/C19H23FIN3O2/c1-19(2,3)26-18(25)24-11-12(9-20)8-16(24)17-22-10-15(23-17)13-4-6-14(21)7-5-13/h4-7,10,12,16H,8-9,11H2,1-3H3,(H,22,23)/t12-,16-/m0/s1. The van der Waals surface area contributed by atoms with E-state index in [-0.39, 0.29) is 12.0 Å². The van der Waals surface area contributed by atoms with Gasteiger partial charge in [0.2, 0.25) is 0 Å².